The van der Waals surface area contributed by atoms with Gasteiger partial charge in [-0.25, -0.2) is 9.97 Å². The molecule has 0 saturated heterocycles. The average Bonchev–Trinajstić information content (AvgIpc) is 2.50. The molecule has 0 fully saturated rings. The van der Waals surface area contributed by atoms with Crippen molar-refractivity contribution >= 4 is 39.7 Å². The standard InChI is InChI=1S/C5H4IN5/c6-10-4-3-1-9-11-5(3)8-2-7-4/h1-2H,(H2,7,8,9,10,11). The molecule has 2 heterocycles. The minimum absolute atomic E-state index is 0.749. The number of hydrogen-bond acceptors (Lipinski definition) is 4. The topological polar surface area (TPSA) is 66.5 Å². The van der Waals surface area contributed by atoms with Crippen LogP contribution in [0.3, 0.4) is 0 Å². The van der Waals surface area contributed by atoms with Gasteiger partial charge in [0.05, 0.1) is 34.4 Å². The Morgan fingerprint density at radius 3 is 3.18 bits per heavy atom. The quantitative estimate of drug-likeness (QED) is 0.596. The van der Waals surface area contributed by atoms with Crippen molar-refractivity contribution in [1.82, 2.24) is 20.2 Å². The van der Waals surface area contributed by atoms with Crippen LogP contribution in [0.15, 0.2) is 12.5 Å². The van der Waals surface area contributed by atoms with Crippen LogP contribution in [0, 0.1) is 0 Å². The molecule has 5 nitrogen and oxygen atoms in total. The van der Waals surface area contributed by atoms with E-state index in [0.717, 1.165) is 16.9 Å². The van der Waals surface area contributed by atoms with Crippen LogP contribution in [0.5, 0.6) is 0 Å². The Labute approximate surface area is 76.1 Å². The number of hydrogen-bond donors (Lipinski definition) is 2. The van der Waals surface area contributed by atoms with E-state index in [9.17, 15) is 0 Å². The molecule has 2 aromatic rings. The molecule has 0 spiro atoms. The van der Waals surface area contributed by atoms with Crippen molar-refractivity contribution in [3.05, 3.63) is 12.5 Å². The lowest BCUT2D eigenvalue weighted by atomic mass is 10.4. The summed E-state index contributed by atoms with van der Waals surface area (Å²) in [6.07, 6.45) is 3.18. The van der Waals surface area contributed by atoms with Gasteiger partial charge in [0.15, 0.2) is 5.65 Å². The van der Waals surface area contributed by atoms with E-state index in [1.165, 1.54) is 6.33 Å². The second-order valence-electron chi connectivity index (χ2n) is 1.95. The van der Waals surface area contributed by atoms with Gasteiger partial charge in [-0.05, 0) is 0 Å². The molecule has 2 rings (SSSR count). The summed E-state index contributed by atoms with van der Waals surface area (Å²) in [6.45, 7) is 0. The molecule has 0 bridgehead atoms. The van der Waals surface area contributed by atoms with Crippen molar-refractivity contribution in [2.45, 2.75) is 0 Å². The Balaban J connectivity index is 2.79. The molecule has 0 aliphatic rings. The minimum atomic E-state index is 0.749. The lowest BCUT2D eigenvalue weighted by Crippen LogP contribution is -1.87. The van der Waals surface area contributed by atoms with Crippen LogP contribution in [-0.4, -0.2) is 20.2 Å². The first-order chi connectivity index (χ1) is 5.42. The Morgan fingerprint density at radius 1 is 1.45 bits per heavy atom. The Bertz CT molecular complexity index is 370. The van der Waals surface area contributed by atoms with E-state index in [0.29, 0.717) is 0 Å². The van der Waals surface area contributed by atoms with E-state index in [1.807, 2.05) is 22.9 Å². The highest BCUT2D eigenvalue weighted by molar-refractivity contribution is 14.1. The van der Waals surface area contributed by atoms with Gasteiger partial charge < -0.3 is 3.53 Å². The maximum atomic E-state index is 4.01. The van der Waals surface area contributed by atoms with Gasteiger partial charge in [-0.3, -0.25) is 5.10 Å². The summed E-state index contributed by atoms with van der Waals surface area (Å²) in [7, 11) is 0. The fourth-order valence-electron chi connectivity index (χ4n) is 0.840. The van der Waals surface area contributed by atoms with Crippen molar-refractivity contribution in [1.29, 1.82) is 0 Å². The first-order valence-corrected chi connectivity index (χ1v) is 4.00. The monoisotopic (exact) mass is 261 g/mol. The average molecular weight is 261 g/mol. The summed E-state index contributed by atoms with van der Waals surface area (Å²) in [5.74, 6) is 0.782. The number of halogens is 1. The van der Waals surface area contributed by atoms with E-state index in [-0.39, 0.29) is 0 Å². The zero-order valence-electron chi connectivity index (χ0n) is 5.37. The van der Waals surface area contributed by atoms with Crippen LogP contribution in [-0.2, 0) is 0 Å². The summed E-state index contributed by atoms with van der Waals surface area (Å²) >= 11 is 2.02. The molecule has 0 aromatic carbocycles. The summed E-state index contributed by atoms with van der Waals surface area (Å²) in [5.41, 5.74) is 0.749. The summed E-state index contributed by atoms with van der Waals surface area (Å²) in [6, 6.07) is 0. The zero-order chi connectivity index (χ0) is 7.68. The molecule has 2 aromatic heterocycles. The van der Waals surface area contributed by atoms with Crippen molar-refractivity contribution in [3.63, 3.8) is 0 Å². The summed E-state index contributed by atoms with van der Waals surface area (Å²) in [5, 5.41) is 7.49. The zero-order valence-corrected chi connectivity index (χ0v) is 7.53. The number of nitrogens with zero attached hydrogens (tertiary/aromatic N) is 3. The molecule has 56 valence electrons. The van der Waals surface area contributed by atoms with Gasteiger partial charge in [-0.15, -0.1) is 0 Å². The molecular formula is C5H4IN5. The van der Waals surface area contributed by atoms with Crippen LogP contribution in [0.4, 0.5) is 5.82 Å². The number of anilines is 1. The predicted octanol–water partition coefficient (Wildman–Crippen LogP) is 1.11. The molecule has 0 unspecified atom stereocenters. The first kappa shape index (κ1) is 6.77. The van der Waals surface area contributed by atoms with Gasteiger partial charge in [0.25, 0.3) is 0 Å². The lowest BCUT2D eigenvalue weighted by Gasteiger charge is -1.94. The van der Waals surface area contributed by atoms with Crippen molar-refractivity contribution < 1.29 is 0 Å². The van der Waals surface area contributed by atoms with Crippen LogP contribution in [0.2, 0.25) is 0 Å². The third-order valence-electron chi connectivity index (χ3n) is 1.34. The van der Waals surface area contributed by atoms with Crippen molar-refractivity contribution in [2.24, 2.45) is 0 Å². The Kier molecular flexibility index (Phi) is 1.60. The van der Waals surface area contributed by atoms with Gasteiger partial charge in [0.2, 0.25) is 0 Å². The van der Waals surface area contributed by atoms with E-state index in [2.05, 4.69) is 23.7 Å². The first-order valence-electron chi connectivity index (χ1n) is 2.92. The molecule has 11 heavy (non-hydrogen) atoms. The molecule has 6 heteroatoms. The van der Waals surface area contributed by atoms with Gasteiger partial charge in [0.1, 0.15) is 12.1 Å². The minimum Gasteiger partial charge on any atom is -0.312 e. The number of rotatable bonds is 1. The van der Waals surface area contributed by atoms with E-state index >= 15 is 0 Å². The number of aromatic nitrogens is 4. The third kappa shape index (κ3) is 1.02. The largest absolute Gasteiger partial charge is 0.312 e. The molecule has 0 radical (unpaired) electrons. The fraction of sp³-hybridized carbons (Fsp3) is 0. The van der Waals surface area contributed by atoms with Crippen LogP contribution >= 0.6 is 22.9 Å². The normalized spacial score (nSPS) is 10.3. The van der Waals surface area contributed by atoms with Crippen molar-refractivity contribution in [3.8, 4) is 0 Å². The second kappa shape index (κ2) is 2.61. The smallest absolute Gasteiger partial charge is 0.160 e. The highest BCUT2D eigenvalue weighted by Gasteiger charge is 2.01. The van der Waals surface area contributed by atoms with Gasteiger partial charge in [0, 0.05) is 0 Å². The fourth-order valence-corrected chi connectivity index (χ4v) is 1.27. The Hall–Kier alpha value is -0.920. The number of nitrogens with one attached hydrogen (secondary N) is 2. The van der Waals surface area contributed by atoms with Crippen molar-refractivity contribution in [2.75, 3.05) is 3.53 Å². The SMILES string of the molecule is INc1ncnc2[nH]ncc12. The molecule has 0 saturated carbocycles. The Morgan fingerprint density at radius 2 is 2.36 bits per heavy atom. The molecule has 0 amide bonds. The van der Waals surface area contributed by atoms with Crippen LogP contribution in [0.25, 0.3) is 11.0 Å². The number of fused-ring (bicyclic) bond motifs is 1. The number of aromatic amines is 1. The maximum absolute atomic E-state index is 4.01. The summed E-state index contributed by atoms with van der Waals surface area (Å²) in [4.78, 5) is 7.99. The van der Waals surface area contributed by atoms with Crippen LogP contribution in [0.1, 0.15) is 0 Å². The molecular weight excluding hydrogens is 257 g/mol. The van der Waals surface area contributed by atoms with Crippen LogP contribution < -0.4 is 3.53 Å². The highest BCUT2D eigenvalue weighted by atomic mass is 127. The number of H-pyrrole nitrogens is 1. The lowest BCUT2D eigenvalue weighted by molar-refractivity contribution is 1.09. The summed E-state index contributed by atoms with van der Waals surface area (Å²) < 4.78 is 2.91. The van der Waals surface area contributed by atoms with Gasteiger partial charge >= 0.3 is 0 Å². The second-order valence-corrected chi connectivity index (χ2v) is 2.49. The van der Waals surface area contributed by atoms with E-state index in [4.69, 9.17) is 0 Å². The highest BCUT2D eigenvalue weighted by Crippen LogP contribution is 2.16. The third-order valence-corrected chi connectivity index (χ3v) is 1.85. The maximum Gasteiger partial charge on any atom is 0.160 e. The molecule has 0 aliphatic carbocycles. The van der Waals surface area contributed by atoms with Gasteiger partial charge in [-0.1, -0.05) is 0 Å². The van der Waals surface area contributed by atoms with Gasteiger partial charge in [-0.2, -0.15) is 5.10 Å². The molecule has 0 atom stereocenters. The van der Waals surface area contributed by atoms with E-state index in [1.54, 1.807) is 6.20 Å². The molecule has 0 aliphatic heterocycles. The molecule has 2 N–H and O–H groups in total. The predicted molar refractivity (Wildman–Crippen MR) is 49.3 cm³/mol. The van der Waals surface area contributed by atoms with E-state index < -0.39 is 0 Å².